The summed E-state index contributed by atoms with van der Waals surface area (Å²) in [4.78, 5) is 13.6. The summed E-state index contributed by atoms with van der Waals surface area (Å²) in [6, 6.07) is 0. The van der Waals surface area contributed by atoms with Crippen LogP contribution in [0.3, 0.4) is 0 Å². The van der Waals surface area contributed by atoms with E-state index in [4.69, 9.17) is 9.47 Å². The highest BCUT2D eigenvalue weighted by atomic mass is 16.5. The third kappa shape index (κ3) is 3.15. The van der Waals surface area contributed by atoms with E-state index < -0.39 is 0 Å². The van der Waals surface area contributed by atoms with Crippen LogP contribution in [0.25, 0.3) is 0 Å². The lowest BCUT2D eigenvalue weighted by molar-refractivity contribution is -0.139. The molecule has 15 heavy (non-hydrogen) atoms. The van der Waals surface area contributed by atoms with Gasteiger partial charge in [-0.15, -0.1) is 0 Å². The number of amides is 1. The molecule has 2 aliphatic rings. The lowest BCUT2D eigenvalue weighted by atomic mass is 10.2. The first kappa shape index (κ1) is 10.9. The molecular weight excluding hydrogens is 196 g/mol. The van der Waals surface area contributed by atoms with E-state index in [2.05, 4.69) is 5.32 Å². The van der Waals surface area contributed by atoms with Crippen molar-refractivity contribution in [3.8, 4) is 0 Å². The number of hydrogen-bond acceptors (Lipinski definition) is 4. The molecule has 0 bridgehead atoms. The predicted octanol–water partition coefficient (Wildman–Crippen LogP) is -0.776. The van der Waals surface area contributed by atoms with Crippen molar-refractivity contribution in [2.75, 3.05) is 46.0 Å². The van der Waals surface area contributed by atoms with Crippen molar-refractivity contribution < 1.29 is 14.3 Å². The van der Waals surface area contributed by atoms with Crippen molar-refractivity contribution in [3.05, 3.63) is 0 Å². The van der Waals surface area contributed by atoms with Gasteiger partial charge in [-0.2, -0.15) is 0 Å². The molecule has 5 heteroatoms. The highest BCUT2D eigenvalue weighted by Gasteiger charge is 2.21. The molecular formula is C10H18N2O3. The second kappa shape index (κ2) is 5.44. The van der Waals surface area contributed by atoms with E-state index in [1.807, 2.05) is 4.90 Å². The smallest absolute Gasteiger partial charge is 0.248 e. The van der Waals surface area contributed by atoms with Crippen LogP contribution in [0.4, 0.5) is 0 Å². The largest absolute Gasteiger partial charge is 0.380 e. The van der Waals surface area contributed by atoms with Crippen LogP contribution in [0, 0.1) is 0 Å². The third-order valence-electron chi connectivity index (χ3n) is 2.76. The Hall–Kier alpha value is -0.650. The van der Waals surface area contributed by atoms with Crippen molar-refractivity contribution in [1.82, 2.24) is 10.2 Å². The lowest BCUT2D eigenvalue weighted by Gasteiger charge is -2.28. The molecule has 5 nitrogen and oxygen atoms in total. The van der Waals surface area contributed by atoms with Crippen LogP contribution in [-0.4, -0.2) is 62.9 Å². The molecule has 86 valence electrons. The van der Waals surface area contributed by atoms with Crippen molar-refractivity contribution in [2.24, 2.45) is 0 Å². The summed E-state index contributed by atoms with van der Waals surface area (Å²) in [7, 11) is 0. The maximum Gasteiger partial charge on any atom is 0.248 e. The molecule has 1 amide bonds. The topological polar surface area (TPSA) is 50.8 Å². The van der Waals surface area contributed by atoms with E-state index in [0.29, 0.717) is 13.2 Å². The van der Waals surface area contributed by atoms with Gasteiger partial charge in [0, 0.05) is 32.8 Å². The van der Waals surface area contributed by atoms with E-state index in [1.54, 1.807) is 0 Å². The van der Waals surface area contributed by atoms with Gasteiger partial charge in [-0.1, -0.05) is 0 Å². The minimum Gasteiger partial charge on any atom is -0.380 e. The number of carbonyl (C=O) groups is 1. The summed E-state index contributed by atoms with van der Waals surface area (Å²) >= 11 is 0. The van der Waals surface area contributed by atoms with Crippen LogP contribution in [0.1, 0.15) is 6.42 Å². The first-order valence-electron chi connectivity index (χ1n) is 5.54. The quantitative estimate of drug-likeness (QED) is 0.670. The van der Waals surface area contributed by atoms with Gasteiger partial charge in [0.05, 0.1) is 12.7 Å². The van der Waals surface area contributed by atoms with Crippen LogP contribution >= 0.6 is 0 Å². The SMILES string of the molecule is O=C(COC1CNC1)N1CCCOCC1. The fourth-order valence-electron chi connectivity index (χ4n) is 1.66. The van der Waals surface area contributed by atoms with E-state index in [-0.39, 0.29) is 18.6 Å². The summed E-state index contributed by atoms with van der Waals surface area (Å²) in [5, 5.41) is 3.10. The predicted molar refractivity (Wildman–Crippen MR) is 54.6 cm³/mol. The van der Waals surface area contributed by atoms with Crippen molar-refractivity contribution in [3.63, 3.8) is 0 Å². The Morgan fingerprint density at radius 1 is 1.40 bits per heavy atom. The first-order valence-corrected chi connectivity index (χ1v) is 5.54. The van der Waals surface area contributed by atoms with Gasteiger partial charge in [0.1, 0.15) is 6.61 Å². The molecule has 0 aliphatic carbocycles. The zero-order chi connectivity index (χ0) is 10.5. The van der Waals surface area contributed by atoms with E-state index >= 15 is 0 Å². The highest BCUT2D eigenvalue weighted by Crippen LogP contribution is 2.02. The Labute approximate surface area is 89.7 Å². The van der Waals surface area contributed by atoms with Crippen LogP contribution in [0.5, 0.6) is 0 Å². The number of rotatable bonds is 3. The van der Waals surface area contributed by atoms with Gasteiger partial charge in [0.15, 0.2) is 0 Å². The maximum atomic E-state index is 11.7. The normalized spacial score (nSPS) is 23.3. The Morgan fingerprint density at radius 3 is 3.00 bits per heavy atom. The number of carbonyl (C=O) groups excluding carboxylic acids is 1. The second-order valence-corrected chi connectivity index (χ2v) is 3.94. The van der Waals surface area contributed by atoms with Crippen molar-refractivity contribution in [1.29, 1.82) is 0 Å². The van der Waals surface area contributed by atoms with Crippen LogP contribution in [-0.2, 0) is 14.3 Å². The second-order valence-electron chi connectivity index (χ2n) is 3.94. The molecule has 1 N–H and O–H groups in total. The Balaban J connectivity index is 1.68. The monoisotopic (exact) mass is 214 g/mol. The Morgan fingerprint density at radius 2 is 2.27 bits per heavy atom. The standard InChI is InChI=1S/C10H18N2O3/c13-10(8-15-9-6-11-7-9)12-2-1-4-14-5-3-12/h9,11H,1-8H2. The van der Waals surface area contributed by atoms with E-state index in [0.717, 1.165) is 32.7 Å². The Bertz CT molecular complexity index is 211. The number of nitrogens with zero attached hydrogens (tertiary/aromatic N) is 1. The number of ether oxygens (including phenoxy) is 2. The summed E-state index contributed by atoms with van der Waals surface area (Å²) in [6.45, 7) is 4.86. The summed E-state index contributed by atoms with van der Waals surface area (Å²) in [5.41, 5.74) is 0. The summed E-state index contributed by atoms with van der Waals surface area (Å²) in [6.07, 6.45) is 1.16. The zero-order valence-corrected chi connectivity index (χ0v) is 8.91. The molecule has 2 saturated heterocycles. The maximum absolute atomic E-state index is 11.7. The van der Waals surface area contributed by atoms with Crippen LogP contribution < -0.4 is 5.32 Å². The van der Waals surface area contributed by atoms with Crippen LogP contribution in [0.15, 0.2) is 0 Å². The molecule has 0 aromatic rings. The molecule has 0 aromatic heterocycles. The molecule has 0 unspecified atom stereocenters. The van der Waals surface area contributed by atoms with Gasteiger partial charge in [-0.05, 0) is 6.42 Å². The lowest BCUT2D eigenvalue weighted by Crippen LogP contribution is -2.50. The van der Waals surface area contributed by atoms with Crippen molar-refractivity contribution >= 4 is 5.91 Å². The minimum atomic E-state index is 0.0902. The van der Waals surface area contributed by atoms with Gasteiger partial charge in [-0.3, -0.25) is 4.79 Å². The molecule has 0 saturated carbocycles. The molecule has 0 aromatic carbocycles. The van der Waals surface area contributed by atoms with Crippen LogP contribution in [0.2, 0.25) is 0 Å². The summed E-state index contributed by atoms with van der Waals surface area (Å²) < 4.78 is 10.7. The van der Waals surface area contributed by atoms with Crippen molar-refractivity contribution in [2.45, 2.75) is 12.5 Å². The minimum absolute atomic E-state index is 0.0902. The highest BCUT2D eigenvalue weighted by molar-refractivity contribution is 5.77. The molecule has 2 fully saturated rings. The zero-order valence-electron chi connectivity index (χ0n) is 8.91. The van der Waals surface area contributed by atoms with Gasteiger partial charge < -0.3 is 19.7 Å². The fraction of sp³-hybridized carbons (Fsp3) is 0.900. The summed E-state index contributed by atoms with van der Waals surface area (Å²) in [5.74, 6) is 0.0902. The van der Waals surface area contributed by atoms with E-state index in [9.17, 15) is 4.79 Å². The molecule has 0 atom stereocenters. The molecule has 2 heterocycles. The van der Waals surface area contributed by atoms with Gasteiger partial charge in [-0.25, -0.2) is 0 Å². The van der Waals surface area contributed by atoms with Gasteiger partial charge >= 0.3 is 0 Å². The molecule has 2 rings (SSSR count). The van der Waals surface area contributed by atoms with Gasteiger partial charge in [0.2, 0.25) is 5.91 Å². The van der Waals surface area contributed by atoms with E-state index in [1.165, 1.54) is 0 Å². The first-order chi connectivity index (χ1) is 7.36. The average Bonchev–Trinajstić information content (AvgIpc) is 2.43. The molecule has 0 radical (unpaired) electrons. The molecule has 0 spiro atoms. The number of nitrogens with one attached hydrogen (secondary N) is 1. The fourth-order valence-corrected chi connectivity index (χ4v) is 1.66. The average molecular weight is 214 g/mol. The number of hydrogen-bond donors (Lipinski definition) is 1. The third-order valence-corrected chi connectivity index (χ3v) is 2.76. The molecule has 2 aliphatic heterocycles. The van der Waals surface area contributed by atoms with Gasteiger partial charge in [0.25, 0.3) is 0 Å². The Kier molecular flexibility index (Phi) is 3.94.